The molecule has 0 radical (unpaired) electrons. The fraction of sp³-hybridized carbons (Fsp3) is 0.417. The van der Waals surface area contributed by atoms with Crippen molar-refractivity contribution in [2.45, 2.75) is 18.9 Å². The van der Waals surface area contributed by atoms with Gasteiger partial charge in [0, 0.05) is 13.1 Å². The molecule has 0 aliphatic carbocycles. The molecule has 1 aliphatic rings. The average Bonchev–Trinajstić information content (AvgIpc) is 2.27. The second-order valence-electron chi connectivity index (χ2n) is 4.17. The van der Waals surface area contributed by atoms with E-state index in [0.29, 0.717) is 6.54 Å². The van der Waals surface area contributed by atoms with Gasteiger partial charge in [-0.1, -0.05) is 24.3 Å². The highest BCUT2D eigenvalue weighted by Gasteiger charge is 2.30. The molecule has 0 fully saturated rings. The Labute approximate surface area is 97.7 Å². The Morgan fingerprint density at radius 1 is 1.47 bits per heavy atom. The molecule has 0 amide bonds. The Hall–Kier alpha value is -1.49. The van der Waals surface area contributed by atoms with Crippen molar-refractivity contribution in [3.63, 3.8) is 0 Å². The van der Waals surface area contributed by atoms with Gasteiger partial charge in [-0.15, -0.1) is 0 Å². The van der Waals surface area contributed by atoms with Crippen molar-refractivity contribution in [3.05, 3.63) is 35.4 Å². The van der Waals surface area contributed by atoms with Gasteiger partial charge in [0.1, 0.15) is 0 Å². The van der Waals surface area contributed by atoms with Crippen LogP contribution >= 0.6 is 0 Å². The Balaban J connectivity index is 2.26. The van der Waals surface area contributed by atoms with Gasteiger partial charge in [0.25, 0.3) is 6.43 Å². The predicted molar refractivity (Wildman–Crippen MR) is 58.1 cm³/mol. The highest BCUT2D eigenvalue weighted by molar-refractivity contribution is 5.77. The molecule has 0 saturated carbocycles. The van der Waals surface area contributed by atoms with Gasteiger partial charge in [0.05, 0.1) is 12.5 Å². The Morgan fingerprint density at radius 2 is 2.18 bits per heavy atom. The second kappa shape index (κ2) is 4.79. The summed E-state index contributed by atoms with van der Waals surface area (Å²) in [6.45, 7) is 0.166. The lowest BCUT2D eigenvalue weighted by Crippen LogP contribution is -2.39. The fourth-order valence-corrected chi connectivity index (χ4v) is 2.23. The van der Waals surface area contributed by atoms with Crippen LogP contribution in [0.1, 0.15) is 17.0 Å². The number of fused-ring (bicyclic) bond motifs is 1. The number of hydrogen-bond donors (Lipinski definition) is 1. The maximum absolute atomic E-state index is 12.3. The number of benzene rings is 1. The molecular formula is C12H13F2NO2. The molecule has 0 bridgehead atoms. The first-order valence-electron chi connectivity index (χ1n) is 5.39. The molecule has 2 rings (SSSR count). The molecular weight excluding hydrogens is 228 g/mol. The van der Waals surface area contributed by atoms with E-state index < -0.39 is 18.3 Å². The van der Waals surface area contributed by atoms with Crippen LogP contribution in [0.15, 0.2) is 24.3 Å². The van der Waals surface area contributed by atoms with Gasteiger partial charge in [-0.25, -0.2) is 8.78 Å². The Morgan fingerprint density at radius 3 is 2.82 bits per heavy atom. The molecule has 0 aromatic heterocycles. The molecule has 1 heterocycles. The van der Waals surface area contributed by atoms with Crippen molar-refractivity contribution in [3.8, 4) is 0 Å². The summed E-state index contributed by atoms with van der Waals surface area (Å²) in [7, 11) is 0. The molecule has 0 saturated heterocycles. The molecule has 17 heavy (non-hydrogen) atoms. The number of halogens is 2. The van der Waals surface area contributed by atoms with Gasteiger partial charge < -0.3 is 5.11 Å². The van der Waals surface area contributed by atoms with E-state index in [4.69, 9.17) is 5.11 Å². The average molecular weight is 241 g/mol. The van der Waals surface area contributed by atoms with Crippen LogP contribution in [-0.4, -0.2) is 35.5 Å². The van der Waals surface area contributed by atoms with Gasteiger partial charge in [-0.3, -0.25) is 9.69 Å². The van der Waals surface area contributed by atoms with Gasteiger partial charge in [-0.2, -0.15) is 0 Å². The van der Waals surface area contributed by atoms with Crippen LogP contribution in [0.5, 0.6) is 0 Å². The number of nitrogens with zero attached hydrogens (tertiary/aromatic N) is 1. The highest BCUT2D eigenvalue weighted by Crippen LogP contribution is 2.28. The smallest absolute Gasteiger partial charge is 0.312 e. The van der Waals surface area contributed by atoms with E-state index in [-0.39, 0.29) is 13.1 Å². The van der Waals surface area contributed by atoms with Crippen LogP contribution < -0.4 is 0 Å². The van der Waals surface area contributed by atoms with Crippen molar-refractivity contribution in [2.24, 2.45) is 0 Å². The molecule has 1 aromatic carbocycles. The van der Waals surface area contributed by atoms with Crippen LogP contribution in [0.3, 0.4) is 0 Å². The van der Waals surface area contributed by atoms with E-state index in [9.17, 15) is 13.6 Å². The summed E-state index contributed by atoms with van der Waals surface area (Å²) < 4.78 is 24.7. The van der Waals surface area contributed by atoms with Crippen LogP contribution in [0.2, 0.25) is 0 Å². The zero-order valence-corrected chi connectivity index (χ0v) is 9.14. The summed E-state index contributed by atoms with van der Waals surface area (Å²) >= 11 is 0. The van der Waals surface area contributed by atoms with Crippen molar-refractivity contribution >= 4 is 5.97 Å². The Bertz CT molecular complexity index is 423. The zero-order valence-electron chi connectivity index (χ0n) is 9.14. The SMILES string of the molecule is O=C(O)C1CN(CC(F)F)Cc2ccccc21. The highest BCUT2D eigenvalue weighted by atomic mass is 19.3. The van der Waals surface area contributed by atoms with Crippen molar-refractivity contribution < 1.29 is 18.7 Å². The summed E-state index contributed by atoms with van der Waals surface area (Å²) in [5.41, 5.74) is 1.57. The third-order valence-corrected chi connectivity index (χ3v) is 2.96. The zero-order chi connectivity index (χ0) is 12.4. The number of aliphatic carboxylic acids is 1. The van der Waals surface area contributed by atoms with Gasteiger partial charge in [0.15, 0.2) is 0 Å². The first-order chi connectivity index (χ1) is 8.08. The van der Waals surface area contributed by atoms with Crippen molar-refractivity contribution in [1.82, 2.24) is 4.90 Å². The topological polar surface area (TPSA) is 40.5 Å². The lowest BCUT2D eigenvalue weighted by atomic mass is 9.90. The largest absolute Gasteiger partial charge is 0.481 e. The molecule has 1 N–H and O–H groups in total. The molecule has 92 valence electrons. The molecule has 1 aliphatic heterocycles. The first kappa shape index (κ1) is 12.0. The molecule has 1 unspecified atom stereocenters. The summed E-state index contributed by atoms with van der Waals surface area (Å²) in [4.78, 5) is 12.6. The number of carboxylic acids is 1. The summed E-state index contributed by atoms with van der Waals surface area (Å²) in [5.74, 6) is -1.67. The van der Waals surface area contributed by atoms with E-state index >= 15 is 0 Å². The number of carbonyl (C=O) groups is 1. The number of alkyl halides is 2. The van der Waals surface area contributed by atoms with E-state index in [1.165, 1.54) is 4.90 Å². The van der Waals surface area contributed by atoms with E-state index in [2.05, 4.69) is 0 Å². The van der Waals surface area contributed by atoms with Crippen molar-refractivity contribution in [1.29, 1.82) is 0 Å². The standard InChI is InChI=1S/C12H13F2NO2/c13-11(14)7-15-5-8-3-1-2-4-9(8)10(6-15)12(16)17/h1-4,10-11H,5-7H2,(H,16,17). The summed E-state index contributed by atoms with van der Waals surface area (Å²) in [5, 5.41) is 9.12. The number of carboxylic acid groups (broad SMARTS) is 1. The number of rotatable bonds is 3. The molecule has 5 heteroatoms. The lowest BCUT2D eigenvalue weighted by Gasteiger charge is -2.32. The molecule has 1 aromatic rings. The predicted octanol–water partition coefficient (Wildman–Crippen LogP) is 1.94. The molecule has 1 atom stereocenters. The van der Waals surface area contributed by atoms with Crippen LogP contribution in [0, 0.1) is 0 Å². The maximum atomic E-state index is 12.3. The van der Waals surface area contributed by atoms with Crippen LogP contribution in [0.4, 0.5) is 8.78 Å². The normalized spacial score (nSPS) is 20.3. The minimum absolute atomic E-state index is 0.149. The number of hydrogen-bond acceptors (Lipinski definition) is 2. The third kappa shape index (κ3) is 2.61. The quantitative estimate of drug-likeness (QED) is 0.879. The summed E-state index contributed by atoms with van der Waals surface area (Å²) in [6, 6.07) is 7.12. The minimum Gasteiger partial charge on any atom is -0.481 e. The third-order valence-electron chi connectivity index (χ3n) is 2.96. The van der Waals surface area contributed by atoms with E-state index in [1.807, 2.05) is 0 Å². The Kier molecular flexibility index (Phi) is 3.38. The minimum atomic E-state index is -2.44. The van der Waals surface area contributed by atoms with Gasteiger partial charge in [-0.05, 0) is 11.1 Å². The first-order valence-corrected chi connectivity index (χ1v) is 5.39. The molecule has 0 spiro atoms. The van der Waals surface area contributed by atoms with Crippen LogP contribution in [0.25, 0.3) is 0 Å². The van der Waals surface area contributed by atoms with Gasteiger partial charge in [0.2, 0.25) is 0 Å². The monoisotopic (exact) mass is 241 g/mol. The van der Waals surface area contributed by atoms with Crippen LogP contribution in [-0.2, 0) is 11.3 Å². The summed E-state index contributed by atoms with van der Waals surface area (Å²) in [6.07, 6.45) is -2.44. The van der Waals surface area contributed by atoms with E-state index in [1.54, 1.807) is 24.3 Å². The second-order valence-corrected chi connectivity index (χ2v) is 4.17. The molecule has 3 nitrogen and oxygen atoms in total. The van der Waals surface area contributed by atoms with Gasteiger partial charge >= 0.3 is 5.97 Å². The fourth-order valence-electron chi connectivity index (χ4n) is 2.23. The van der Waals surface area contributed by atoms with E-state index in [0.717, 1.165) is 11.1 Å². The maximum Gasteiger partial charge on any atom is 0.312 e. The van der Waals surface area contributed by atoms with Crippen molar-refractivity contribution in [2.75, 3.05) is 13.1 Å². The lowest BCUT2D eigenvalue weighted by molar-refractivity contribution is -0.139.